The average Bonchev–Trinajstić information content (AvgIpc) is 3.29. The molecule has 6 nitrogen and oxygen atoms in total. The van der Waals surface area contributed by atoms with Crippen molar-refractivity contribution in [3.63, 3.8) is 0 Å². The summed E-state index contributed by atoms with van der Waals surface area (Å²) < 4.78 is 7.70. The van der Waals surface area contributed by atoms with Crippen LogP contribution in [0.4, 0.5) is 0 Å². The van der Waals surface area contributed by atoms with Crippen LogP contribution in [0.15, 0.2) is 18.5 Å². The summed E-state index contributed by atoms with van der Waals surface area (Å²) in [6, 6.07) is 3.27. The molecule has 2 aromatic heterocycles. The van der Waals surface area contributed by atoms with Gasteiger partial charge >= 0.3 is 0 Å². The molecule has 1 aliphatic carbocycles. The van der Waals surface area contributed by atoms with E-state index in [1.54, 1.807) is 12.4 Å². The van der Waals surface area contributed by atoms with Crippen LogP contribution in [0.2, 0.25) is 5.02 Å². The van der Waals surface area contributed by atoms with Crippen molar-refractivity contribution in [2.75, 3.05) is 19.8 Å². The van der Waals surface area contributed by atoms with Crippen molar-refractivity contribution < 1.29 is 4.74 Å². The van der Waals surface area contributed by atoms with E-state index in [-0.39, 0.29) is 6.04 Å². The Labute approximate surface area is 165 Å². The van der Waals surface area contributed by atoms with Gasteiger partial charge in [0.15, 0.2) is 5.82 Å². The summed E-state index contributed by atoms with van der Waals surface area (Å²) in [5, 5.41) is 5.40. The van der Waals surface area contributed by atoms with Gasteiger partial charge in [-0.2, -0.15) is 5.10 Å². The Hall–Kier alpha value is -1.50. The molecular weight excluding hydrogens is 362 g/mol. The van der Waals surface area contributed by atoms with E-state index < -0.39 is 0 Å². The lowest BCUT2D eigenvalue weighted by atomic mass is 10.1. The van der Waals surface area contributed by atoms with Crippen molar-refractivity contribution in [1.82, 2.24) is 24.6 Å². The molecule has 0 spiro atoms. The monoisotopic (exact) mass is 389 g/mol. The van der Waals surface area contributed by atoms with Crippen LogP contribution in [0, 0.1) is 0 Å². The minimum Gasteiger partial charge on any atom is -0.379 e. The van der Waals surface area contributed by atoms with Crippen molar-refractivity contribution in [1.29, 1.82) is 0 Å². The average molecular weight is 390 g/mol. The molecular formula is C20H28ClN5O. The predicted molar refractivity (Wildman–Crippen MR) is 106 cm³/mol. The van der Waals surface area contributed by atoms with Crippen LogP contribution >= 0.6 is 11.6 Å². The topological polar surface area (TPSA) is 56.1 Å². The molecule has 0 bridgehead atoms. The second-order valence-electron chi connectivity index (χ2n) is 8.05. The molecule has 2 aliphatic rings. The Morgan fingerprint density at radius 3 is 2.85 bits per heavy atom. The first-order chi connectivity index (χ1) is 13.0. The highest BCUT2D eigenvalue weighted by molar-refractivity contribution is 6.30. The molecule has 0 unspecified atom stereocenters. The number of pyridine rings is 1. The number of hydrogen-bond acceptors (Lipinski definition) is 5. The van der Waals surface area contributed by atoms with Crippen molar-refractivity contribution in [3.8, 4) is 11.4 Å². The second kappa shape index (κ2) is 7.86. The molecule has 0 aromatic carbocycles. The summed E-state index contributed by atoms with van der Waals surface area (Å²) in [6.45, 7) is 9.32. The summed E-state index contributed by atoms with van der Waals surface area (Å²) in [4.78, 5) is 11.7. The van der Waals surface area contributed by atoms with E-state index in [0.29, 0.717) is 23.0 Å². The van der Waals surface area contributed by atoms with Crippen molar-refractivity contribution in [2.45, 2.75) is 64.1 Å². The molecule has 0 amide bonds. The van der Waals surface area contributed by atoms with Gasteiger partial charge in [0, 0.05) is 48.5 Å². The molecule has 4 rings (SSSR count). The number of hydrogen-bond donors (Lipinski definition) is 0. The summed E-state index contributed by atoms with van der Waals surface area (Å²) in [5.41, 5.74) is 0.875. The van der Waals surface area contributed by atoms with Gasteiger partial charge in [-0.3, -0.25) is 9.88 Å². The molecule has 3 atom stereocenters. The predicted octanol–water partition coefficient (Wildman–Crippen LogP) is 3.93. The minimum absolute atomic E-state index is 0.273. The van der Waals surface area contributed by atoms with Crippen molar-refractivity contribution in [2.24, 2.45) is 0 Å². The van der Waals surface area contributed by atoms with Gasteiger partial charge in [-0.1, -0.05) is 11.6 Å². The van der Waals surface area contributed by atoms with Gasteiger partial charge in [0.1, 0.15) is 5.82 Å². The summed E-state index contributed by atoms with van der Waals surface area (Å²) in [7, 11) is 0. The molecule has 3 heterocycles. The Bertz CT molecular complexity index is 792. The molecule has 146 valence electrons. The zero-order valence-electron chi connectivity index (χ0n) is 16.3. The number of morpholine rings is 1. The lowest BCUT2D eigenvalue weighted by Crippen LogP contribution is -2.48. The maximum Gasteiger partial charge on any atom is 0.183 e. The Kier molecular flexibility index (Phi) is 5.48. The zero-order valence-corrected chi connectivity index (χ0v) is 17.1. The van der Waals surface area contributed by atoms with E-state index >= 15 is 0 Å². The molecule has 1 aliphatic heterocycles. The Morgan fingerprint density at radius 2 is 2.11 bits per heavy atom. The third kappa shape index (κ3) is 3.89. The molecule has 2 aromatic rings. The van der Waals surface area contributed by atoms with Crippen molar-refractivity contribution in [3.05, 3.63) is 29.3 Å². The van der Waals surface area contributed by atoms with E-state index in [4.69, 9.17) is 26.4 Å². The third-order valence-corrected chi connectivity index (χ3v) is 5.97. The third-order valence-electron chi connectivity index (χ3n) is 5.77. The SMILES string of the molecule is CC(C)n1nc(-c2cncc(Cl)c2)nc1[C@H]1CC[C@@H](N2CCOC[C@@H]2C)C1. The van der Waals surface area contributed by atoms with E-state index in [1.165, 1.54) is 6.42 Å². The van der Waals surface area contributed by atoms with Gasteiger partial charge in [0.05, 0.1) is 18.2 Å². The van der Waals surface area contributed by atoms with Gasteiger partial charge < -0.3 is 4.74 Å². The van der Waals surface area contributed by atoms with Gasteiger partial charge in [-0.15, -0.1) is 0 Å². The van der Waals surface area contributed by atoms with Gasteiger partial charge in [0.25, 0.3) is 0 Å². The first-order valence-corrected chi connectivity index (χ1v) is 10.3. The zero-order chi connectivity index (χ0) is 19.0. The van der Waals surface area contributed by atoms with Crippen LogP contribution in [-0.4, -0.2) is 56.5 Å². The van der Waals surface area contributed by atoms with Crippen LogP contribution in [0.25, 0.3) is 11.4 Å². The Balaban J connectivity index is 1.58. The lowest BCUT2D eigenvalue weighted by molar-refractivity contribution is -0.0209. The normalized spacial score (nSPS) is 26.8. The second-order valence-corrected chi connectivity index (χ2v) is 8.49. The van der Waals surface area contributed by atoms with Crippen LogP contribution in [0.5, 0.6) is 0 Å². The van der Waals surface area contributed by atoms with E-state index in [2.05, 4.69) is 35.3 Å². The quantitative estimate of drug-likeness (QED) is 0.792. The standard InChI is InChI=1S/C20H28ClN5O/c1-13(2)26-20(23-19(24-26)16-8-17(21)11-22-10-16)15-4-5-18(9-15)25-6-7-27-12-14(25)3/h8,10-11,13-15,18H,4-7,9,12H2,1-3H3/t14-,15-,18+/m0/s1. The minimum atomic E-state index is 0.273. The van der Waals surface area contributed by atoms with Gasteiger partial charge in [0.2, 0.25) is 0 Å². The number of aromatic nitrogens is 4. The largest absolute Gasteiger partial charge is 0.379 e. The molecule has 2 fully saturated rings. The molecule has 27 heavy (non-hydrogen) atoms. The highest BCUT2D eigenvalue weighted by atomic mass is 35.5. The van der Waals surface area contributed by atoms with Crippen LogP contribution in [-0.2, 0) is 4.74 Å². The van der Waals surface area contributed by atoms with E-state index in [1.807, 2.05) is 6.07 Å². The fourth-order valence-electron chi connectivity index (χ4n) is 4.43. The van der Waals surface area contributed by atoms with Crippen LogP contribution in [0.1, 0.15) is 57.8 Å². The van der Waals surface area contributed by atoms with Crippen LogP contribution < -0.4 is 0 Å². The summed E-state index contributed by atoms with van der Waals surface area (Å²) >= 11 is 6.11. The first-order valence-electron chi connectivity index (χ1n) is 9.93. The van der Waals surface area contributed by atoms with Crippen molar-refractivity contribution >= 4 is 11.6 Å². The molecule has 0 radical (unpaired) electrons. The summed E-state index contributed by atoms with van der Waals surface area (Å²) in [5.74, 6) is 2.26. The molecule has 0 N–H and O–H groups in total. The number of ether oxygens (including phenoxy) is 1. The highest BCUT2D eigenvalue weighted by Crippen LogP contribution is 2.38. The fraction of sp³-hybridized carbons (Fsp3) is 0.650. The maximum absolute atomic E-state index is 6.11. The lowest BCUT2D eigenvalue weighted by Gasteiger charge is -2.38. The number of rotatable bonds is 4. The van der Waals surface area contributed by atoms with E-state index in [9.17, 15) is 0 Å². The highest BCUT2D eigenvalue weighted by Gasteiger charge is 2.36. The first kappa shape index (κ1) is 18.8. The van der Waals surface area contributed by atoms with Crippen LogP contribution in [0.3, 0.4) is 0 Å². The maximum atomic E-state index is 6.11. The molecule has 1 saturated heterocycles. The summed E-state index contributed by atoms with van der Waals surface area (Å²) in [6.07, 6.45) is 6.93. The number of halogens is 1. The molecule has 1 saturated carbocycles. The van der Waals surface area contributed by atoms with E-state index in [0.717, 1.165) is 49.8 Å². The van der Waals surface area contributed by atoms with Gasteiger partial charge in [-0.25, -0.2) is 9.67 Å². The number of nitrogens with zero attached hydrogens (tertiary/aromatic N) is 5. The fourth-order valence-corrected chi connectivity index (χ4v) is 4.60. The smallest absolute Gasteiger partial charge is 0.183 e. The van der Waals surface area contributed by atoms with Gasteiger partial charge in [-0.05, 0) is 46.1 Å². The molecule has 7 heteroatoms. The Morgan fingerprint density at radius 1 is 1.26 bits per heavy atom.